The molecule has 0 N–H and O–H groups in total. The Labute approximate surface area is 294 Å². The predicted molar refractivity (Wildman–Crippen MR) is 210 cm³/mol. The molecule has 7 aromatic rings. The van der Waals surface area contributed by atoms with Gasteiger partial charge in [-0.3, -0.25) is 0 Å². The molecule has 9 rings (SSSR count). The lowest BCUT2D eigenvalue weighted by Crippen LogP contribution is -2.56. The molecule has 0 bridgehead atoms. The maximum Gasteiger partial charge on any atom is 0.115 e. The Morgan fingerprint density at radius 3 is 1.29 bits per heavy atom. The average Bonchev–Trinajstić information content (AvgIpc) is 3.62. The first kappa shape index (κ1) is 29.8. The number of hydrogen-bond donors (Lipinski definition) is 0. The number of rotatable bonds is 4. The van der Waals surface area contributed by atoms with Crippen LogP contribution < -0.4 is 32.2 Å². The average molecular weight is 609 g/mol. The fourth-order valence-electron chi connectivity index (χ4n) is 8.14. The summed E-state index contributed by atoms with van der Waals surface area (Å²) in [6, 6.07) is 51.5. The molecule has 1 spiro atoms. The summed E-state index contributed by atoms with van der Waals surface area (Å²) in [6.45, 7) is 0. The maximum atomic E-state index is 6.79. The first-order valence-corrected chi connectivity index (χ1v) is 16.3. The van der Waals surface area contributed by atoms with Crippen molar-refractivity contribution >= 4 is 83.6 Å². The van der Waals surface area contributed by atoms with Gasteiger partial charge in [0.2, 0.25) is 0 Å². The molecular formula is C43H24B5N. The molecule has 0 saturated carbocycles. The standard InChI is InChI=1S/C43H24B5N/c44-37-38(45)40(47)42(41(48)39(37)46)49(27-20-18-26(19-21-27)25-10-2-1-3-11-25)28-22-23-32-31-14-6-9-17-35(31)43(36(32)24-28)33-15-7-4-12-29(33)30-13-5-8-16-34(30)43/h1-24H. The van der Waals surface area contributed by atoms with E-state index in [2.05, 4.69) is 132 Å². The van der Waals surface area contributed by atoms with Crippen LogP contribution in [0.15, 0.2) is 146 Å². The molecule has 6 heteroatoms. The second kappa shape index (κ2) is 11.1. The summed E-state index contributed by atoms with van der Waals surface area (Å²) in [5, 5.41) is 0. The van der Waals surface area contributed by atoms with Gasteiger partial charge in [0, 0.05) is 17.1 Å². The van der Waals surface area contributed by atoms with Gasteiger partial charge in [0.1, 0.15) is 39.2 Å². The highest BCUT2D eigenvalue weighted by Crippen LogP contribution is 2.63. The number of hydrogen-bond acceptors (Lipinski definition) is 1. The van der Waals surface area contributed by atoms with E-state index >= 15 is 0 Å². The molecule has 1 nitrogen and oxygen atoms in total. The van der Waals surface area contributed by atoms with Gasteiger partial charge in [-0.25, -0.2) is 0 Å². The summed E-state index contributed by atoms with van der Waals surface area (Å²) in [5.41, 5.74) is 14.9. The van der Waals surface area contributed by atoms with Crippen molar-refractivity contribution in [2.75, 3.05) is 4.90 Å². The molecule has 0 heterocycles. The number of nitrogens with zero attached hydrogens (tertiary/aromatic N) is 1. The summed E-state index contributed by atoms with van der Waals surface area (Å²) >= 11 is 0. The van der Waals surface area contributed by atoms with Gasteiger partial charge in [0.05, 0.1) is 5.41 Å². The van der Waals surface area contributed by atoms with E-state index in [1.807, 2.05) is 18.2 Å². The van der Waals surface area contributed by atoms with Crippen LogP contribution in [0.4, 0.5) is 17.1 Å². The molecule has 2 aliphatic carbocycles. The van der Waals surface area contributed by atoms with Crippen LogP contribution in [-0.4, -0.2) is 39.2 Å². The monoisotopic (exact) mass is 609 g/mol. The molecular weight excluding hydrogens is 585 g/mol. The van der Waals surface area contributed by atoms with Crippen molar-refractivity contribution in [3.63, 3.8) is 0 Å². The van der Waals surface area contributed by atoms with E-state index in [9.17, 15) is 0 Å². The van der Waals surface area contributed by atoms with Crippen LogP contribution in [0, 0.1) is 0 Å². The van der Waals surface area contributed by atoms with E-state index in [1.54, 1.807) is 0 Å². The first-order chi connectivity index (χ1) is 23.9. The van der Waals surface area contributed by atoms with Crippen LogP contribution in [0.2, 0.25) is 0 Å². The van der Waals surface area contributed by atoms with Gasteiger partial charge in [-0.2, -0.15) is 0 Å². The summed E-state index contributed by atoms with van der Waals surface area (Å²) in [5.74, 6) is 0. The van der Waals surface area contributed by atoms with Crippen molar-refractivity contribution < 1.29 is 0 Å². The quantitative estimate of drug-likeness (QED) is 0.251. The van der Waals surface area contributed by atoms with Crippen LogP contribution >= 0.6 is 0 Å². The van der Waals surface area contributed by atoms with Crippen molar-refractivity contribution in [2.45, 2.75) is 5.41 Å². The molecule has 10 radical (unpaired) electrons. The van der Waals surface area contributed by atoms with Crippen LogP contribution in [0.3, 0.4) is 0 Å². The van der Waals surface area contributed by atoms with E-state index in [1.165, 1.54) is 44.5 Å². The topological polar surface area (TPSA) is 3.24 Å². The first-order valence-electron chi connectivity index (χ1n) is 16.3. The molecule has 2 aliphatic rings. The van der Waals surface area contributed by atoms with Gasteiger partial charge in [-0.15, -0.1) is 16.4 Å². The normalized spacial score (nSPS) is 13.1. The summed E-state index contributed by atoms with van der Waals surface area (Å²) < 4.78 is 0. The molecule has 0 aromatic heterocycles. The molecule has 0 fully saturated rings. The van der Waals surface area contributed by atoms with Gasteiger partial charge in [0.15, 0.2) is 0 Å². The fourth-order valence-corrected chi connectivity index (χ4v) is 8.14. The van der Waals surface area contributed by atoms with E-state index in [0.717, 1.165) is 22.5 Å². The Morgan fingerprint density at radius 2 is 0.755 bits per heavy atom. The van der Waals surface area contributed by atoms with Gasteiger partial charge < -0.3 is 4.90 Å². The zero-order valence-corrected chi connectivity index (χ0v) is 26.7. The molecule has 0 amide bonds. The highest BCUT2D eigenvalue weighted by atomic mass is 15.1. The Hall–Kier alpha value is -5.34. The zero-order valence-electron chi connectivity index (χ0n) is 26.7. The largest absolute Gasteiger partial charge is 0.312 e. The minimum atomic E-state index is -0.520. The predicted octanol–water partition coefficient (Wildman–Crippen LogP) is 5.14. The third kappa shape index (κ3) is 4.13. The van der Waals surface area contributed by atoms with Crippen LogP contribution in [0.1, 0.15) is 22.3 Å². The van der Waals surface area contributed by atoms with Crippen molar-refractivity contribution in [3.05, 3.63) is 168 Å². The third-order valence-corrected chi connectivity index (χ3v) is 10.4. The minimum Gasteiger partial charge on any atom is -0.312 e. The molecule has 0 unspecified atom stereocenters. The highest BCUT2D eigenvalue weighted by molar-refractivity contribution is 6.69. The second-order valence-corrected chi connectivity index (χ2v) is 12.8. The van der Waals surface area contributed by atoms with Crippen LogP contribution in [-0.2, 0) is 5.41 Å². The molecule has 0 atom stereocenters. The Bertz CT molecular complexity index is 2360. The van der Waals surface area contributed by atoms with Crippen molar-refractivity contribution in [1.82, 2.24) is 0 Å². The van der Waals surface area contributed by atoms with E-state index in [-0.39, 0.29) is 27.3 Å². The van der Waals surface area contributed by atoms with Crippen molar-refractivity contribution in [3.8, 4) is 33.4 Å². The zero-order chi connectivity index (χ0) is 33.4. The fraction of sp³-hybridized carbons (Fsp3) is 0.0233. The summed E-state index contributed by atoms with van der Waals surface area (Å²) in [4.78, 5) is 2.05. The van der Waals surface area contributed by atoms with Crippen LogP contribution in [0.25, 0.3) is 33.4 Å². The summed E-state index contributed by atoms with van der Waals surface area (Å²) in [7, 11) is 32.8. The Kier molecular flexibility index (Phi) is 6.75. The van der Waals surface area contributed by atoms with E-state index in [0.29, 0.717) is 5.69 Å². The SMILES string of the molecule is [B]c1c([B])c([B])c(N(c2ccc(-c3ccccc3)cc2)c2ccc3c(c2)C2(c4ccccc4-c4ccccc42)c2ccccc2-3)c([B])c1[B]. The van der Waals surface area contributed by atoms with Gasteiger partial charge >= 0.3 is 0 Å². The number of benzene rings is 7. The molecule has 7 aromatic carbocycles. The lowest BCUT2D eigenvalue weighted by molar-refractivity contribution is 0.793. The summed E-state index contributed by atoms with van der Waals surface area (Å²) in [6.07, 6.45) is 0. The number of fused-ring (bicyclic) bond motifs is 10. The number of anilines is 3. The van der Waals surface area contributed by atoms with E-state index < -0.39 is 5.41 Å². The van der Waals surface area contributed by atoms with Crippen molar-refractivity contribution in [2.24, 2.45) is 0 Å². The van der Waals surface area contributed by atoms with E-state index in [4.69, 9.17) is 39.2 Å². The smallest absolute Gasteiger partial charge is 0.115 e. The Balaban J connectivity index is 1.33. The van der Waals surface area contributed by atoms with Crippen LogP contribution in [0.5, 0.6) is 0 Å². The highest BCUT2D eigenvalue weighted by Gasteiger charge is 2.51. The lowest BCUT2D eigenvalue weighted by atomic mass is 9.61. The minimum absolute atomic E-state index is 0.181. The van der Waals surface area contributed by atoms with Gasteiger partial charge in [-0.05, 0) is 79.9 Å². The molecule has 216 valence electrons. The Morgan fingerprint density at radius 1 is 0.347 bits per heavy atom. The van der Waals surface area contributed by atoms with Gasteiger partial charge in [-0.1, -0.05) is 132 Å². The molecule has 49 heavy (non-hydrogen) atoms. The van der Waals surface area contributed by atoms with Gasteiger partial charge in [0.25, 0.3) is 0 Å². The maximum absolute atomic E-state index is 6.79. The third-order valence-electron chi connectivity index (χ3n) is 10.4. The lowest BCUT2D eigenvalue weighted by Gasteiger charge is -2.34. The molecule has 0 saturated heterocycles. The van der Waals surface area contributed by atoms with Crippen molar-refractivity contribution in [1.29, 1.82) is 0 Å². The molecule has 0 aliphatic heterocycles. The second-order valence-electron chi connectivity index (χ2n) is 12.8.